The highest BCUT2D eigenvalue weighted by molar-refractivity contribution is 7.52. The number of ether oxygens (including phenoxy) is 2. The van der Waals surface area contributed by atoms with E-state index in [4.69, 9.17) is 14.0 Å². The molecule has 0 saturated heterocycles. The van der Waals surface area contributed by atoms with Crippen LogP contribution in [0.5, 0.6) is 0 Å². The molecule has 8 heteroatoms. The predicted molar refractivity (Wildman–Crippen MR) is 136 cm³/mol. The van der Waals surface area contributed by atoms with Crippen LogP contribution in [0.25, 0.3) is 0 Å². The van der Waals surface area contributed by atoms with Gasteiger partial charge in [0, 0.05) is 19.6 Å². The predicted octanol–water partition coefficient (Wildman–Crippen LogP) is 6.18. The number of nitrogens with zero attached hydrogens (tertiary/aromatic N) is 1. The van der Waals surface area contributed by atoms with Crippen LogP contribution in [0.2, 0.25) is 0 Å². The summed E-state index contributed by atoms with van der Waals surface area (Å²) in [6.07, 6.45) is 16.5. The molecule has 0 bridgehead atoms. The van der Waals surface area contributed by atoms with E-state index in [9.17, 15) is 14.3 Å². The third-order valence-corrected chi connectivity index (χ3v) is 6.89. The lowest BCUT2D eigenvalue weighted by Gasteiger charge is -2.20. The third kappa shape index (κ3) is 23.1. The monoisotopic (exact) mass is 493 g/mol. The van der Waals surface area contributed by atoms with Crippen molar-refractivity contribution in [1.29, 1.82) is 0 Å². The van der Waals surface area contributed by atoms with Crippen LogP contribution in [0, 0.1) is 0 Å². The number of hydrogen-bond donors (Lipinski definition) is 1. The van der Waals surface area contributed by atoms with E-state index < -0.39 is 13.7 Å². The average molecular weight is 494 g/mol. The van der Waals surface area contributed by atoms with Crippen LogP contribution in [0.15, 0.2) is 0 Å². The Labute approximate surface area is 203 Å². The third-order valence-electron chi connectivity index (χ3n) is 5.57. The van der Waals surface area contributed by atoms with Crippen LogP contribution >= 0.6 is 7.60 Å². The molecule has 0 saturated carbocycles. The summed E-state index contributed by atoms with van der Waals surface area (Å²) < 4.78 is 28.3. The van der Waals surface area contributed by atoms with Gasteiger partial charge in [-0.05, 0) is 20.5 Å². The zero-order valence-electron chi connectivity index (χ0n) is 21.9. The summed E-state index contributed by atoms with van der Waals surface area (Å²) >= 11 is 0. The first-order valence-corrected chi connectivity index (χ1v) is 14.9. The summed E-state index contributed by atoms with van der Waals surface area (Å²) in [4.78, 5) is 23.4. The van der Waals surface area contributed by atoms with Crippen molar-refractivity contribution in [3.63, 3.8) is 0 Å². The molecule has 0 spiro atoms. The molecule has 0 amide bonds. The van der Waals surface area contributed by atoms with Crippen molar-refractivity contribution in [1.82, 2.24) is 4.90 Å². The maximum Gasteiger partial charge on any atom is 0.329 e. The van der Waals surface area contributed by atoms with E-state index >= 15 is 0 Å². The molecule has 0 aromatic rings. The summed E-state index contributed by atoms with van der Waals surface area (Å²) in [7, 11) is -0.0564. The summed E-state index contributed by atoms with van der Waals surface area (Å²) in [5, 5.41) is 0. The molecular weight excluding hydrogens is 441 g/mol. The smallest absolute Gasteiger partial charge is 0.329 e. The molecule has 1 N–H and O–H groups in total. The number of esters is 1. The van der Waals surface area contributed by atoms with Gasteiger partial charge in [0.15, 0.2) is 0 Å². The zero-order chi connectivity index (χ0) is 24.8. The van der Waals surface area contributed by atoms with Crippen molar-refractivity contribution in [2.75, 3.05) is 46.6 Å². The molecule has 0 aromatic carbocycles. The molecule has 0 heterocycles. The van der Waals surface area contributed by atoms with Crippen molar-refractivity contribution in [3.8, 4) is 0 Å². The number of carbonyl (C=O) groups excluding carboxylic acids is 1. The molecule has 33 heavy (non-hydrogen) atoms. The van der Waals surface area contributed by atoms with Gasteiger partial charge < -0.3 is 23.8 Å². The minimum Gasteiger partial charge on any atom is -0.457 e. The first-order chi connectivity index (χ1) is 15.8. The van der Waals surface area contributed by atoms with Gasteiger partial charge in [-0.25, -0.2) is 0 Å². The summed E-state index contributed by atoms with van der Waals surface area (Å²) in [5.41, 5.74) is 0. The maximum atomic E-state index is 12.1. The van der Waals surface area contributed by atoms with Crippen molar-refractivity contribution >= 4 is 13.6 Å². The van der Waals surface area contributed by atoms with Gasteiger partial charge in [0.2, 0.25) is 0 Å². The fourth-order valence-corrected chi connectivity index (χ4v) is 4.59. The Balaban J connectivity index is 3.82. The van der Waals surface area contributed by atoms with Crippen LogP contribution in [0.3, 0.4) is 0 Å². The molecule has 0 aliphatic carbocycles. The van der Waals surface area contributed by atoms with E-state index in [1.807, 2.05) is 19.0 Å². The molecular formula is C25H52NO6P. The van der Waals surface area contributed by atoms with E-state index in [1.165, 1.54) is 70.6 Å². The molecule has 0 aliphatic heterocycles. The number of unbranched alkanes of at least 4 members (excludes halogenated alkanes) is 12. The number of hydrogen-bond acceptors (Lipinski definition) is 6. The second kappa shape index (κ2) is 22.0. The van der Waals surface area contributed by atoms with Crippen LogP contribution in [-0.4, -0.2) is 68.5 Å². The fraction of sp³-hybridized carbons (Fsp3) is 0.960. The van der Waals surface area contributed by atoms with Crippen LogP contribution in [-0.2, 0) is 23.4 Å². The molecule has 0 fully saturated rings. The molecule has 198 valence electrons. The topological polar surface area (TPSA) is 85.3 Å². The van der Waals surface area contributed by atoms with E-state index in [0.717, 1.165) is 12.8 Å². The normalized spacial score (nSPS) is 14.4. The lowest BCUT2D eigenvalue weighted by Crippen LogP contribution is -2.28. The quantitative estimate of drug-likeness (QED) is 0.0976. The average Bonchev–Trinajstić information content (AvgIpc) is 2.78. The molecule has 2 unspecified atom stereocenters. The fourth-order valence-electron chi connectivity index (χ4n) is 3.41. The van der Waals surface area contributed by atoms with E-state index in [2.05, 4.69) is 6.92 Å². The first kappa shape index (κ1) is 32.5. The van der Waals surface area contributed by atoms with E-state index in [0.29, 0.717) is 13.2 Å². The molecule has 0 aliphatic rings. The summed E-state index contributed by atoms with van der Waals surface area (Å²) in [6, 6.07) is 0. The minimum absolute atomic E-state index is 0.0360. The Morgan fingerprint density at radius 2 is 1.36 bits per heavy atom. The Bertz CT molecular complexity index is 503. The Kier molecular flexibility index (Phi) is 21.7. The summed E-state index contributed by atoms with van der Waals surface area (Å²) in [5.74, 6) is -0.366. The van der Waals surface area contributed by atoms with Gasteiger partial charge in [-0.1, -0.05) is 90.9 Å². The highest BCUT2D eigenvalue weighted by atomic mass is 31.2. The molecule has 0 radical (unpaired) electrons. The van der Waals surface area contributed by atoms with Gasteiger partial charge in [-0.2, -0.15) is 0 Å². The standard InChI is InChI=1S/C25H52NO6P/c1-5-7-8-9-10-11-12-13-14-15-16-17-18-20-30-22-24(32-25(27)6-2)23-31-33(28,29)21-19-26(3)4/h24H,5-23H2,1-4H3,(H,28,29). The Hall–Kier alpha value is -0.460. The van der Waals surface area contributed by atoms with Crippen molar-refractivity contribution in [2.45, 2.75) is 110 Å². The minimum atomic E-state index is -3.72. The Morgan fingerprint density at radius 1 is 0.848 bits per heavy atom. The van der Waals surface area contributed by atoms with Gasteiger partial charge in [0.1, 0.15) is 6.10 Å². The molecule has 0 rings (SSSR count). The molecule has 7 nitrogen and oxygen atoms in total. The summed E-state index contributed by atoms with van der Waals surface area (Å²) in [6.45, 7) is 5.05. The second-order valence-corrected chi connectivity index (χ2v) is 11.2. The van der Waals surface area contributed by atoms with Crippen molar-refractivity contribution < 1.29 is 28.3 Å². The maximum absolute atomic E-state index is 12.1. The van der Waals surface area contributed by atoms with E-state index in [1.54, 1.807) is 6.92 Å². The number of carbonyl (C=O) groups is 1. The van der Waals surface area contributed by atoms with Gasteiger partial charge in [0.25, 0.3) is 0 Å². The SMILES string of the molecule is CCCCCCCCCCCCCCCOCC(COP(=O)(O)CCN(C)C)OC(=O)CC. The second-order valence-electron chi connectivity index (χ2n) is 9.24. The lowest BCUT2D eigenvalue weighted by atomic mass is 10.0. The lowest BCUT2D eigenvalue weighted by molar-refractivity contribution is -0.153. The van der Waals surface area contributed by atoms with Gasteiger partial charge in [-0.15, -0.1) is 0 Å². The van der Waals surface area contributed by atoms with Gasteiger partial charge in [0.05, 0.1) is 19.4 Å². The van der Waals surface area contributed by atoms with Gasteiger partial charge in [-0.3, -0.25) is 9.36 Å². The van der Waals surface area contributed by atoms with Crippen molar-refractivity contribution in [3.05, 3.63) is 0 Å². The van der Waals surface area contributed by atoms with Crippen LogP contribution in [0.4, 0.5) is 0 Å². The molecule has 2 atom stereocenters. The largest absolute Gasteiger partial charge is 0.457 e. The molecule has 0 aromatic heterocycles. The van der Waals surface area contributed by atoms with Crippen molar-refractivity contribution in [2.24, 2.45) is 0 Å². The number of rotatable bonds is 24. The van der Waals surface area contributed by atoms with E-state index in [-0.39, 0.29) is 31.8 Å². The Morgan fingerprint density at radius 3 is 1.85 bits per heavy atom. The van der Waals surface area contributed by atoms with Gasteiger partial charge >= 0.3 is 13.6 Å². The highest BCUT2D eigenvalue weighted by Crippen LogP contribution is 2.41. The zero-order valence-corrected chi connectivity index (χ0v) is 22.8. The highest BCUT2D eigenvalue weighted by Gasteiger charge is 2.23. The van der Waals surface area contributed by atoms with Crippen LogP contribution < -0.4 is 0 Å². The first-order valence-electron chi connectivity index (χ1n) is 13.2. The van der Waals surface area contributed by atoms with Crippen LogP contribution in [0.1, 0.15) is 104 Å².